The maximum absolute atomic E-state index is 12.0. The van der Waals surface area contributed by atoms with Crippen LogP contribution in [-0.2, 0) is 9.59 Å². The van der Waals surface area contributed by atoms with Crippen LogP contribution in [0.15, 0.2) is 24.4 Å². The van der Waals surface area contributed by atoms with Crippen LogP contribution in [-0.4, -0.2) is 22.8 Å². The van der Waals surface area contributed by atoms with E-state index in [-0.39, 0.29) is 6.04 Å². The summed E-state index contributed by atoms with van der Waals surface area (Å²) in [6, 6.07) is 5.23. The molecule has 2 amide bonds. The number of aromatic nitrogens is 1. The molecule has 4 atom stereocenters. The molecular weight excluding hydrogens is 266 g/mol. The van der Waals surface area contributed by atoms with Crippen molar-refractivity contribution in [3.63, 3.8) is 0 Å². The Hall–Kier alpha value is -1.91. The van der Waals surface area contributed by atoms with Gasteiger partial charge in [-0.05, 0) is 56.1 Å². The average Bonchev–Trinajstić information content (AvgIpc) is 3.11. The number of rotatable bonds is 3. The van der Waals surface area contributed by atoms with Crippen molar-refractivity contribution in [2.45, 2.75) is 38.6 Å². The van der Waals surface area contributed by atoms with Crippen molar-refractivity contribution in [3.8, 4) is 0 Å². The maximum Gasteiger partial charge on any atom is 0.314 e. The lowest BCUT2D eigenvalue weighted by Crippen LogP contribution is -2.45. The fraction of sp³-hybridized carbons (Fsp3) is 0.562. The molecule has 0 spiro atoms. The summed E-state index contributed by atoms with van der Waals surface area (Å²) in [6.07, 6.45) is 6.67. The first kappa shape index (κ1) is 14.0. The van der Waals surface area contributed by atoms with Crippen molar-refractivity contribution in [2.24, 2.45) is 17.8 Å². The Kier molecular flexibility index (Phi) is 3.90. The van der Waals surface area contributed by atoms with Crippen molar-refractivity contribution < 1.29 is 9.59 Å². The summed E-state index contributed by atoms with van der Waals surface area (Å²) in [6.45, 7) is 2.01. The Balaban J connectivity index is 1.52. The van der Waals surface area contributed by atoms with Crippen LogP contribution in [0, 0.1) is 17.8 Å². The average molecular weight is 287 g/mol. The van der Waals surface area contributed by atoms with Gasteiger partial charge in [-0.25, -0.2) is 4.98 Å². The van der Waals surface area contributed by atoms with Gasteiger partial charge in [0, 0.05) is 12.2 Å². The molecule has 0 aromatic carbocycles. The topological polar surface area (TPSA) is 71.1 Å². The van der Waals surface area contributed by atoms with E-state index in [0.29, 0.717) is 11.7 Å². The van der Waals surface area contributed by atoms with Crippen LogP contribution < -0.4 is 10.6 Å². The van der Waals surface area contributed by atoms with Crippen LogP contribution in [0.5, 0.6) is 0 Å². The third-order valence-electron chi connectivity index (χ3n) is 4.91. The predicted molar refractivity (Wildman–Crippen MR) is 79.4 cm³/mol. The van der Waals surface area contributed by atoms with Crippen LogP contribution in [0.3, 0.4) is 0 Å². The molecule has 0 radical (unpaired) electrons. The molecule has 3 rings (SSSR count). The second-order valence-corrected chi connectivity index (χ2v) is 6.27. The van der Waals surface area contributed by atoms with Crippen LogP contribution in [0.2, 0.25) is 0 Å². The molecule has 1 heterocycles. The highest BCUT2D eigenvalue weighted by atomic mass is 16.2. The zero-order chi connectivity index (χ0) is 14.8. The molecule has 112 valence electrons. The van der Waals surface area contributed by atoms with Gasteiger partial charge in [-0.1, -0.05) is 12.5 Å². The molecule has 21 heavy (non-hydrogen) atoms. The van der Waals surface area contributed by atoms with E-state index >= 15 is 0 Å². The molecule has 0 aliphatic heterocycles. The molecule has 1 aromatic rings. The van der Waals surface area contributed by atoms with Crippen LogP contribution in [0.25, 0.3) is 0 Å². The first-order chi connectivity index (χ1) is 10.1. The lowest BCUT2D eigenvalue weighted by Gasteiger charge is -2.28. The Morgan fingerprint density at radius 2 is 2.10 bits per heavy atom. The summed E-state index contributed by atoms with van der Waals surface area (Å²) in [5.74, 6) is 1.26. The highest BCUT2D eigenvalue weighted by Crippen LogP contribution is 2.49. The summed E-state index contributed by atoms with van der Waals surface area (Å²) in [7, 11) is 0. The summed E-state index contributed by atoms with van der Waals surface area (Å²) >= 11 is 0. The van der Waals surface area contributed by atoms with E-state index in [9.17, 15) is 9.59 Å². The fourth-order valence-electron chi connectivity index (χ4n) is 3.90. The van der Waals surface area contributed by atoms with Gasteiger partial charge in [0.25, 0.3) is 0 Å². The monoisotopic (exact) mass is 287 g/mol. The van der Waals surface area contributed by atoms with Crippen molar-refractivity contribution in [3.05, 3.63) is 24.4 Å². The van der Waals surface area contributed by atoms with Crippen molar-refractivity contribution in [1.82, 2.24) is 10.3 Å². The van der Waals surface area contributed by atoms with Gasteiger partial charge in [-0.2, -0.15) is 0 Å². The molecule has 2 fully saturated rings. The molecule has 5 heteroatoms. The molecule has 0 saturated heterocycles. The number of carbonyl (C=O) groups is 2. The molecule has 2 bridgehead atoms. The number of fused-ring (bicyclic) bond motifs is 2. The maximum atomic E-state index is 12.0. The zero-order valence-electron chi connectivity index (χ0n) is 12.2. The zero-order valence-corrected chi connectivity index (χ0v) is 12.2. The predicted octanol–water partition coefficient (Wildman–Crippen LogP) is 1.96. The van der Waals surface area contributed by atoms with Gasteiger partial charge in [0.1, 0.15) is 5.82 Å². The minimum atomic E-state index is -0.649. The third-order valence-corrected chi connectivity index (χ3v) is 4.91. The first-order valence-corrected chi connectivity index (χ1v) is 7.66. The van der Waals surface area contributed by atoms with E-state index < -0.39 is 11.8 Å². The minimum absolute atomic E-state index is 0.0577. The molecular formula is C16H21N3O2. The van der Waals surface area contributed by atoms with Gasteiger partial charge in [0.15, 0.2) is 0 Å². The number of anilines is 1. The molecule has 4 unspecified atom stereocenters. The number of nitrogens with one attached hydrogen (secondary N) is 2. The third kappa shape index (κ3) is 3.06. The summed E-state index contributed by atoms with van der Waals surface area (Å²) < 4.78 is 0. The van der Waals surface area contributed by atoms with E-state index in [0.717, 1.165) is 11.8 Å². The highest BCUT2D eigenvalue weighted by molar-refractivity contribution is 6.39. The number of nitrogens with zero attached hydrogens (tertiary/aromatic N) is 1. The Morgan fingerprint density at radius 1 is 1.24 bits per heavy atom. The number of amides is 2. The smallest absolute Gasteiger partial charge is 0.314 e. The van der Waals surface area contributed by atoms with Crippen molar-refractivity contribution in [1.29, 1.82) is 0 Å². The summed E-state index contributed by atoms with van der Waals surface area (Å²) in [5, 5.41) is 5.36. The Bertz CT molecular complexity index is 532. The molecule has 2 N–H and O–H groups in total. The second kappa shape index (κ2) is 5.84. The van der Waals surface area contributed by atoms with Crippen molar-refractivity contribution >= 4 is 17.6 Å². The van der Waals surface area contributed by atoms with E-state index in [2.05, 4.69) is 15.6 Å². The molecule has 1 aromatic heterocycles. The lowest BCUT2D eigenvalue weighted by molar-refractivity contribution is -0.136. The van der Waals surface area contributed by atoms with Crippen LogP contribution >= 0.6 is 0 Å². The number of pyridine rings is 1. The van der Waals surface area contributed by atoms with Gasteiger partial charge >= 0.3 is 11.8 Å². The quantitative estimate of drug-likeness (QED) is 0.835. The standard InChI is InChI=1S/C16H21N3O2/c1-10(13-9-11-5-6-12(13)8-11)18-15(20)16(21)19-14-4-2-3-7-17-14/h2-4,7,10-13H,5-6,8-9H2,1H3,(H,18,20)(H,17,19,21). The summed E-state index contributed by atoms with van der Waals surface area (Å²) in [5.41, 5.74) is 0. The molecule has 2 aliphatic rings. The Labute approximate surface area is 124 Å². The van der Waals surface area contributed by atoms with Gasteiger partial charge in [-0.15, -0.1) is 0 Å². The highest BCUT2D eigenvalue weighted by Gasteiger charge is 2.42. The summed E-state index contributed by atoms with van der Waals surface area (Å²) in [4.78, 5) is 27.8. The minimum Gasteiger partial charge on any atom is -0.345 e. The van der Waals surface area contributed by atoms with Gasteiger partial charge < -0.3 is 10.6 Å². The van der Waals surface area contributed by atoms with Gasteiger partial charge in [0.05, 0.1) is 0 Å². The van der Waals surface area contributed by atoms with E-state index in [1.54, 1.807) is 24.4 Å². The van der Waals surface area contributed by atoms with Crippen LogP contribution in [0.1, 0.15) is 32.6 Å². The Morgan fingerprint density at radius 3 is 2.71 bits per heavy atom. The fourth-order valence-corrected chi connectivity index (χ4v) is 3.90. The van der Waals surface area contributed by atoms with E-state index in [1.807, 2.05) is 6.92 Å². The van der Waals surface area contributed by atoms with Crippen LogP contribution in [0.4, 0.5) is 5.82 Å². The molecule has 5 nitrogen and oxygen atoms in total. The number of hydrogen-bond donors (Lipinski definition) is 2. The molecule has 2 saturated carbocycles. The number of hydrogen-bond acceptors (Lipinski definition) is 3. The first-order valence-electron chi connectivity index (χ1n) is 7.66. The second-order valence-electron chi connectivity index (χ2n) is 6.27. The molecule has 2 aliphatic carbocycles. The van der Waals surface area contributed by atoms with Crippen molar-refractivity contribution in [2.75, 3.05) is 5.32 Å². The van der Waals surface area contributed by atoms with Gasteiger partial charge in [-0.3, -0.25) is 9.59 Å². The van der Waals surface area contributed by atoms with E-state index in [4.69, 9.17) is 0 Å². The largest absolute Gasteiger partial charge is 0.345 e. The normalized spacial score (nSPS) is 28.1. The number of carbonyl (C=O) groups excluding carboxylic acids is 2. The SMILES string of the molecule is CC(NC(=O)C(=O)Nc1ccccn1)C1CC2CCC1C2. The van der Waals surface area contributed by atoms with Gasteiger partial charge in [0.2, 0.25) is 0 Å². The lowest BCUT2D eigenvalue weighted by atomic mass is 9.84. The van der Waals surface area contributed by atoms with E-state index in [1.165, 1.54) is 25.7 Å².